The van der Waals surface area contributed by atoms with Gasteiger partial charge in [0.05, 0.1) is 24.0 Å². The summed E-state index contributed by atoms with van der Waals surface area (Å²) in [5.41, 5.74) is 2.73. The van der Waals surface area contributed by atoms with Crippen molar-refractivity contribution in [2.45, 2.75) is 32.1 Å². The van der Waals surface area contributed by atoms with Gasteiger partial charge >= 0.3 is 5.97 Å². The molecule has 2 aliphatic rings. The van der Waals surface area contributed by atoms with Crippen LogP contribution in [0.25, 0.3) is 0 Å². The number of aryl methyl sites for hydroxylation is 2. The van der Waals surface area contributed by atoms with Gasteiger partial charge in [-0.2, -0.15) is 0 Å². The average Bonchev–Trinajstić information content (AvgIpc) is 3.03. The molecule has 0 bridgehead atoms. The van der Waals surface area contributed by atoms with E-state index in [0.717, 1.165) is 18.4 Å². The summed E-state index contributed by atoms with van der Waals surface area (Å²) < 4.78 is 5.38. The highest BCUT2D eigenvalue weighted by atomic mass is 16.5. The highest BCUT2D eigenvalue weighted by molar-refractivity contribution is 5.81. The zero-order valence-electron chi connectivity index (χ0n) is 10.8. The summed E-state index contributed by atoms with van der Waals surface area (Å²) in [5.74, 6) is -0.663. The van der Waals surface area contributed by atoms with Crippen LogP contribution in [0.1, 0.15) is 29.5 Å². The molecule has 1 aromatic rings. The Labute approximate surface area is 107 Å². The van der Waals surface area contributed by atoms with Crippen LogP contribution in [-0.4, -0.2) is 24.3 Å². The van der Waals surface area contributed by atoms with Gasteiger partial charge in [-0.1, -0.05) is 18.2 Å². The van der Waals surface area contributed by atoms with Gasteiger partial charge in [-0.3, -0.25) is 4.79 Å². The van der Waals surface area contributed by atoms with Crippen molar-refractivity contribution in [1.82, 2.24) is 0 Å². The maximum atomic E-state index is 11.6. The molecule has 1 saturated carbocycles. The van der Waals surface area contributed by atoms with E-state index in [1.54, 1.807) is 0 Å². The molecule has 2 fully saturated rings. The fourth-order valence-electron chi connectivity index (χ4n) is 3.09. The summed E-state index contributed by atoms with van der Waals surface area (Å²) in [6, 6.07) is 6.30. The molecular weight excluding hydrogens is 228 g/mol. The molecule has 3 nitrogen and oxygen atoms in total. The van der Waals surface area contributed by atoms with Gasteiger partial charge in [0, 0.05) is 0 Å². The first kappa shape index (κ1) is 11.7. The fraction of sp³-hybridized carbons (Fsp3) is 0.533. The third-order valence-corrected chi connectivity index (χ3v) is 4.83. The van der Waals surface area contributed by atoms with E-state index < -0.39 is 11.4 Å². The Morgan fingerprint density at radius 1 is 1.22 bits per heavy atom. The summed E-state index contributed by atoms with van der Waals surface area (Å²) in [5, 5.41) is 9.53. The normalized spacial score (nSPS) is 23.2. The van der Waals surface area contributed by atoms with E-state index in [9.17, 15) is 9.90 Å². The topological polar surface area (TPSA) is 46.5 Å². The van der Waals surface area contributed by atoms with Crippen molar-refractivity contribution < 1.29 is 14.6 Å². The minimum atomic E-state index is -0.663. The highest BCUT2D eigenvalue weighted by Gasteiger charge is 2.68. The average molecular weight is 246 g/mol. The van der Waals surface area contributed by atoms with Crippen molar-refractivity contribution >= 4 is 5.97 Å². The lowest BCUT2D eigenvalue weighted by atomic mass is 9.65. The van der Waals surface area contributed by atoms with Gasteiger partial charge < -0.3 is 9.84 Å². The van der Waals surface area contributed by atoms with Crippen molar-refractivity contribution in [2.24, 2.45) is 5.41 Å². The molecule has 1 heterocycles. The lowest BCUT2D eigenvalue weighted by Gasteiger charge is -2.46. The summed E-state index contributed by atoms with van der Waals surface area (Å²) in [6.07, 6.45) is 1.55. The van der Waals surface area contributed by atoms with Crippen molar-refractivity contribution in [3.05, 3.63) is 34.9 Å². The fourth-order valence-corrected chi connectivity index (χ4v) is 3.09. The minimum absolute atomic E-state index is 0.294. The van der Waals surface area contributed by atoms with Crippen LogP contribution < -0.4 is 0 Å². The van der Waals surface area contributed by atoms with Crippen molar-refractivity contribution in [3.63, 3.8) is 0 Å². The van der Waals surface area contributed by atoms with E-state index in [1.807, 2.05) is 0 Å². The Morgan fingerprint density at radius 2 is 1.89 bits per heavy atom. The quantitative estimate of drug-likeness (QED) is 0.891. The van der Waals surface area contributed by atoms with E-state index in [2.05, 4.69) is 32.0 Å². The van der Waals surface area contributed by atoms with Gasteiger partial charge in [-0.15, -0.1) is 0 Å². The second-order valence-corrected chi connectivity index (χ2v) is 5.76. The Balaban J connectivity index is 2.07. The van der Waals surface area contributed by atoms with E-state index in [1.165, 1.54) is 11.1 Å². The predicted octanol–water partition coefficient (Wildman–Crippen LogP) is 2.44. The van der Waals surface area contributed by atoms with Gasteiger partial charge in [0.1, 0.15) is 0 Å². The maximum Gasteiger partial charge on any atom is 0.310 e. The van der Waals surface area contributed by atoms with Crippen LogP contribution in [0.4, 0.5) is 0 Å². The summed E-state index contributed by atoms with van der Waals surface area (Å²) in [4.78, 5) is 11.6. The lowest BCUT2D eigenvalue weighted by Crippen LogP contribution is -2.56. The second-order valence-electron chi connectivity index (χ2n) is 5.76. The molecule has 0 spiro atoms. The van der Waals surface area contributed by atoms with Crippen molar-refractivity contribution in [2.75, 3.05) is 13.2 Å². The van der Waals surface area contributed by atoms with Crippen LogP contribution in [0.2, 0.25) is 0 Å². The first-order valence-corrected chi connectivity index (χ1v) is 6.41. The molecule has 1 N–H and O–H groups in total. The Kier molecular flexibility index (Phi) is 2.33. The number of benzene rings is 1. The highest BCUT2D eigenvalue weighted by Crippen LogP contribution is 2.62. The number of hydrogen-bond acceptors (Lipinski definition) is 2. The van der Waals surface area contributed by atoms with Crippen molar-refractivity contribution in [1.29, 1.82) is 0 Å². The smallest absolute Gasteiger partial charge is 0.310 e. The molecule has 0 unspecified atom stereocenters. The Morgan fingerprint density at radius 3 is 2.28 bits per heavy atom. The first-order valence-electron chi connectivity index (χ1n) is 6.41. The third-order valence-electron chi connectivity index (χ3n) is 4.83. The second kappa shape index (κ2) is 3.58. The van der Waals surface area contributed by atoms with Gasteiger partial charge in [0.15, 0.2) is 0 Å². The number of rotatable bonds is 3. The SMILES string of the molecule is Cc1ccc(C2(C3(C(=O)O)CC3)COC2)cc1C. The molecule has 0 radical (unpaired) electrons. The monoisotopic (exact) mass is 246 g/mol. The summed E-state index contributed by atoms with van der Waals surface area (Å²) >= 11 is 0. The first-order chi connectivity index (χ1) is 8.52. The van der Waals surface area contributed by atoms with E-state index >= 15 is 0 Å². The maximum absolute atomic E-state index is 11.6. The Bertz CT molecular complexity index is 510. The molecule has 3 heteroatoms. The molecule has 0 atom stereocenters. The molecule has 0 amide bonds. The van der Waals surface area contributed by atoms with Gasteiger partial charge in [0.25, 0.3) is 0 Å². The number of hydrogen-bond donors (Lipinski definition) is 1. The Hall–Kier alpha value is -1.35. The van der Waals surface area contributed by atoms with Gasteiger partial charge in [-0.05, 0) is 43.4 Å². The van der Waals surface area contributed by atoms with E-state index in [4.69, 9.17) is 4.74 Å². The third kappa shape index (κ3) is 1.31. The van der Waals surface area contributed by atoms with Crippen LogP contribution >= 0.6 is 0 Å². The zero-order chi connectivity index (χ0) is 13.0. The zero-order valence-corrected chi connectivity index (χ0v) is 10.8. The van der Waals surface area contributed by atoms with Crippen LogP contribution in [0.3, 0.4) is 0 Å². The largest absolute Gasteiger partial charge is 0.481 e. The molecule has 18 heavy (non-hydrogen) atoms. The van der Waals surface area contributed by atoms with Crippen LogP contribution in [-0.2, 0) is 14.9 Å². The standard InChI is InChI=1S/C15H18O3/c1-10-3-4-12(7-11(10)2)15(8-18-9-15)14(5-6-14)13(16)17/h3-4,7H,5-6,8-9H2,1-2H3,(H,16,17). The van der Waals surface area contributed by atoms with Gasteiger partial charge in [0.2, 0.25) is 0 Å². The van der Waals surface area contributed by atoms with Crippen LogP contribution in [0, 0.1) is 19.3 Å². The van der Waals surface area contributed by atoms with E-state index in [-0.39, 0.29) is 5.41 Å². The molecule has 0 aromatic heterocycles. The van der Waals surface area contributed by atoms with Crippen LogP contribution in [0.15, 0.2) is 18.2 Å². The van der Waals surface area contributed by atoms with Gasteiger partial charge in [-0.25, -0.2) is 0 Å². The number of aliphatic carboxylic acids is 1. The lowest BCUT2D eigenvalue weighted by molar-refractivity contribution is -0.161. The predicted molar refractivity (Wildman–Crippen MR) is 67.7 cm³/mol. The number of carboxylic acid groups (broad SMARTS) is 1. The summed E-state index contributed by atoms with van der Waals surface area (Å²) in [7, 11) is 0. The molecular formula is C15H18O3. The number of carboxylic acids is 1. The molecule has 1 saturated heterocycles. The number of ether oxygens (including phenoxy) is 1. The molecule has 3 rings (SSSR count). The molecule has 1 aliphatic heterocycles. The molecule has 1 aromatic carbocycles. The minimum Gasteiger partial charge on any atom is -0.481 e. The number of carbonyl (C=O) groups is 1. The molecule has 96 valence electrons. The van der Waals surface area contributed by atoms with Crippen LogP contribution in [0.5, 0.6) is 0 Å². The summed E-state index contributed by atoms with van der Waals surface area (Å²) in [6.45, 7) is 5.24. The van der Waals surface area contributed by atoms with E-state index in [0.29, 0.717) is 13.2 Å². The van der Waals surface area contributed by atoms with Crippen molar-refractivity contribution in [3.8, 4) is 0 Å². The molecule has 1 aliphatic carbocycles.